The molecule has 0 aliphatic carbocycles. The van der Waals surface area contributed by atoms with Gasteiger partial charge in [-0.15, -0.1) is 0 Å². The van der Waals surface area contributed by atoms with E-state index in [1.54, 1.807) is 0 Å². The molecule has 0 aromatic carbocycles. The molecule has 0 radical (unpaired) electrons. The van der Waals surface area contributed by atoms with Crippen LogP contribution in [0.1, 0.15) is 16.1 Å². The molecule has 1 aromatic rings. The van der Waals surface area contributed by atoms with Crippen LogP contribution in [-0.4, -0.2) is 22.7 Å². The minimum absolute atomic E-state index is 0.00838. The van der Waals surface area contributed by atoms with Crippen molar-refractivity contribution in [3.05, 3.63) is 29.6 Å². The number of ether oxygens (including phenoxy) is 1. The Balaban J connectivity index is 2.48. The largest absolute Gasteiger partial charge is 0.489 e. The molecule has 0 fully saturated rings. The highest BCUT2D eigenvalue weighted by atomic mass is 16.5. The summed E-state index contributed by atoms with van der Waals surface area (Å²) in [7, 11) is 0. The van der Waals surface area contributed by atoms with E-state index in [4.69, 9.17) is 9.84 Å². The van der Waals surface area contributed by atoms with Crippen LogP contribution in [0.5, 0.6) is 5.75 Å². The molecule has 1 aliphatic heterocycles. The van der Waals surface area contributed by atoms with E-state index in [-0.39, 0.29) is 5.69 Å². The molecule has 4 nitrogen and oxygen atoms in total. The van der Waals surface area contributed by atoms with E-state index >= 15 is 0 Å². The van der Waals surface area contributed by atoms with Crippen molar-refractivity contribution in [2.75, 3.05) is 6.61 Å². The second kappa shape index (κ2) is 2.90. The Hall–Kier alpha value is -1.84. The van der Waals surface area contributed by atoms with E-state index in [2.05, 4.69) is 4.98 Å². The Morgan fingerprint density at radius 1 is 1.62 bits per heavy atom. The first kappa shape index (κ1) is 7.79. The summed E-state index contributed by atoms with van der Waals surface area (Å²) >= 11 is 0. The molecule has 4 heteroatoms. The summed E-state index contributed by atoms with van der Waals surface area (Å²) in [5.74, 6) is -0.462. The number of aromatic nitrogens is 1. The van der Waals surface area contributed by atoms with Crippen molar-refractivity contribution in [2.45, 2.75) is 0 Å². The first-order valence-electron chi connectivity index (χ1n) is 3.80. The Labute approximate surface area is 74.5 Å². The van der Waals surface area contributed by atoms with E-state index in [9.17, 15) is 4.79 Å². The number of fused-ring (bicyclic) bond motifs is 1. The van der Waals surface area contributed by atoms with Gasteiger partial charge in [0.1, 0.15) is 12.4 Å². The van der Waals surface area contributed by atoms with Gasteiger partial charge in [0.2, 0.25) is 0 Å². The van der Waals surface area contributed by atoms with Gasteiger partial charge >= 0.3 is 5.97 Å². The van der Waals surface area contributed by atoms with E-state index in [1.165, 1.54) is 12.3 Å². The van der Waals surface area contributed by atoms with Crippen LogP contribution in [0, 0.1) is 0 Å². The Morgan fingerprint density at radius 3 is 3.23 bits per heavy atom. The number of hydrogen-bond donors (Lipinski definition) is 1. The fourth-order valence-electron chi connectivity index (χ4n) is 1.13. The van der Waals surface area contributed by atoms with Crippen LogP contribution < -0.4 is 4.74 Å². The maximum Gasteiger partial charge on any atom is 0.354 e. The van der Waals surface area contributed by atoms with Gasteiger partial charge < -0.3 is 9.84 Å². The second-order valence-electron chi connectivity index (χ2n) is 2.63. The van der Waals surface area contributed by atoms with Crippen LogP contribution >= 0.6 is 0 Å². The highest BCUT2D eigenvalue weighted by Gasteiger charge is 2.10. The van der Waals surface area contributed by atoms with Gasteiger partial charge in [-0.05, 0) is 6.08 Å². The SMILES string of the molecule is O=C(O)c1cc2c(cn1)C=CCO2. The number of carboxylic acid groups (broad SMARTS) is 1. The van der Waals surface area contributed by atoms with Crippen LogP contribution in [0.4, 0.5) is 0 Å². The summed E-state index contributed by atoms with van der Waals surface area (Å²) in [5, 5.41) is 8.65. The van der Waals surface area contributed by atoms with E-state index in [0.29, 0.717) is 12.4 Å². The number of aromatic carboxylic acids is 1. The Kier molecular flexibility index (Phi) is 1.73. The molecule has 2 rings (SSSR count). The number of rotatable bonds is 1. The maximum atomic E-state index is 10.6. The molecule has 0 bridgehead atoms. The van der Waals surface area contributed by atoms with E-state index < -0.39 is 5.97 Å². The van der Waals surface area contributed by atoms with Crippen molar-refractivity contribution >= 4 is 12.0 Å². The lowest BCUT2D eigenvalue weighted by Gasteiger charge is -2.11. The number of nitrogens with zero attached hydrogens (tertiary/aromatic N) is 1. The smallest absolute Gasteiger partial charge is 0.354 e. The van der Waals surface area contributed by atoms with Gasteiger partial charge in [-0.3, -0.25) is 0 Å². The van der Waals surface area contributed by atoms with Gasteiger partial charge in [0.05, 0.1) is 0 Å². The van der Waals surface area contributed by atoms with Gasteiger partial charge in [0.25, 0.3) is 0 Å². The van der Waals surface area contributed by atoms with Gasteiger partial charge in [-0.1, -0.05) is 6.08 Å². The molecule has 0 saturated heterocycles. The molecule has 66 valence electrons. The molecule has 0 amide bonds. The van der Waals surface area contributed by atoms with Gasteiger partial charge in [-0.2, -0.15) is 0 Å². The third-order valence-corrected chi connectivity index (χ3v) is 1.75. The molecule has 0 atom stereocenters. The zero-order valence-electron chi connectivity index (χ0n) is 6.73. The van der Waals surface area contributed by atoms with Gasteiger partial charge in [0, 0.05) is 17.8 Å². The standard InChI is InChI=1S/C9H7NO3/c11-9(12)7-4-8-6(5-10-7)2-1-3-13-8/h1-2,4-5H,3H2,(H,11,12). The number of pyridine rings is 1. The predicted molar refractivity (Wildman–Crippen MR) is 45.7 cm³/mol. The van der Waals surface area contributed by atoms with Crippen LogP contribution in [0.2, 0.25) is 0 Å². The topological polar surface area (TPSA) is 59.4 Å². The first-order chi connectivity index (χ1) is 6.27. The molecular weight excluding hydrogens is 170 g/mol. The molecule has 1 N–H and O–H groups in total. The summed E-state index contributed by atoms with van der Waals surface area (Å²) in [6.45, 7) is 0.482. The summed E-state index contributed by atoms with van der Waals surface area (Å²) in [6.07, 6.45) is 5.20. The Morgan fingerprint density at radius 2 is 2.46 bits per heavy atom. The molecule has 0 saturated carbocycles. The van der Waals surface area contributed by atoms with Gasteiger partial charge in [0.15, 0.2) is 5.69 Å². The lowest BCUT2D eigenvalue weighted by molar-refractivity contribution is 0.0690. The zero-order valence-corrected chi connectivity index (χ0v) is 6.73. The van der Waals surface area contributed by atoms with Crippen LogP contribution in [-0.2, 0) is 0 Å². The van der Waals surface area contributed by atoms with Crippen LogP contribution in [0.25, 0.3) is 6.08 Å². The fraction of sp³-hybridized carbons (Fsp3) is 0.111. The van der Waals surface area contributed by atoms with Gasteiger partial charge in [-0.25, -0.2) is 9.78 Å². The minimum Gasteiger partial charge on any atom is -0.489 e. The van der Waals surface area contributed by atoms with Crippen molar-refractivity contribution in [1.29, 1.82) is 0 Å². The van der Waals surface area contributed by atoms with Crippen molar-refractivity contribution in [3.8, 4) is 5.75 Å². The quantitative estimate of drug-likeness (QED) is 0.699. The zero-order chi connectivity index (χ0) is 9.26. The lowest BCUT2D eigenvalue weighted by atomic mass is 10.2. The van der Waals surface area contributed by atoms with Crippen LogP contribution in [0.3, 0.4) is 0 Å². The maximum absolute atomic E-state index is 10.6. The molecule has 0 spiro atoms. The highest BCUT2D eigenvalue weighted by Crippen LogP contribution is 2.23. The predicted octanol–water partition coefficient (Wildman–Crippen LogP) is 1.19. The first-order valence-corrected chi connectivity index (χ1v) is 3.80. The number of carboxylic acids is 1. The summed E-state index contributed by atoms with van der Waals surface area (Å²) in [6, 6.07) is 1.43. The number of carbonyl (C=O) groups is 1. The third kappa shape index (κ3) is 1.38. The van der Waals surface area contributed by atoms with Crippen molar-refractivity contribution in [3.63, 3.8) is 0 Å². The fourth-order valence-corrected chi connectivity index (χ4v) is 1.13. The summed E-state index contributed by atoms with van der Waals surface area (Å²) in [4.78, 5) is 14.3. The molecule has 1 aliphatic rings. The van der Waals surface area contributed by atoms with Crippen LogP contribution in [0.15, 0.2) is 18.3 Å². The van der Waals surface area contributed by atoms with E-state index in [1.807, 2.05) is 12.2 Å². The average Bonchev–Trinajstić information content (AvgIpc) is 2.17. The van der Waals surface area contributed by atoms with E-state index in [0.717, 1.165) is 5.56 Å². The molecule has 13 heavy (non-hydrogen) atoms. The molecule has 1 aromatic heterocycles. The molecular formula is C9H7NO3. The second-order valence-corrected chi connectivity index (χ2v) is 2.63. The van der Waals surface area contributed by atoms with Crippen molar-refractivity contribution in [1.82, 2.24) is 4.98 Å². The van der Waals surface area contributed by atoms with Crippen molar-refractivity contribution < 1.29 is 14.6 Å². The monoisotopic (exact) mass is 177 g/mol. The average molecular weight is 177 g/mol. The minimum atomic E-state index is -1.04. The highest BCUT2D eigenvalue weighted by molar-refractivity contribution is 5.86. The normalized spacial score (nSPS) is 13.2. The molecule has 0 unspecified atom stereocenters. The lowest BCUT2D eigenvalue weighted by Crippen LogP contribution is -2.05. The summed E-state index contributed by atoms with van der Waals surface area (Å²) in [5.41, 5.74) is 0.824. The summed E-state index contributed by atoms with van der Waals surface area (Å²) < 4.78 is 5.22. The van der Waals surface area contributed by atoms with Crippen molar-refractivity contribution in [2.24, 2.45) is 0 Å². The number of hydrogen-bond acceptors (Lipinski definition) is 3. The Bertz CT molecular complexity index is 384. The third-order valence-electron chi connectivity index (χ3n) is 1.75. The molecule has 2 heterocycles.